The Morgan fingerprint density at radius 1 is 1.12 bits per heavy atom. The number of rotatable bonds is 8. The highest BCUT2D eigenvalue weighted by Gasteiger charge is 2.09. The molecule has 0 bridgehead atoms. The summed E-state index contributed by atoms with van der Waals surface area (Å²) >= 11 is 0. The summed E-state index contributed by atoms with van der Waals surface area (Å²) in [5.41, 5.74) is 1.36. The second-order valence-electron chi connectivity index (χ2n) is 5.47. The van der Waals surface area contributed by atoms with E-state index in [4.69, 9.17) is 9.15 Å². The van der Waals surface area contributed by atoms with Crippen LogP contribution in [-0.4, -0.2) is 35.5 Å². The van der Waals surface area contributed by atoms with Crippen molar-refractivity contribution >= 4 is 11.1 Å². The van der Waals surface area contributed by atoms with Crippen LogP contribution in [0.5, 0.6) is 5.75 Å². The van der Waals surface area contributed by atoms with Crippen molar-refractivity contribution in [2.75, 3.05) is 19.7 Å². The summed E-state index contributed by atoms with van der Waals surface area (Å²) in [4.78, 5) is 11.8. The van der Waals surface area contributed by atoms with Crippen molar-refractivity contribution in [1.82, 2.24) is 9.88 Å². The van der Waals surface area contributed by atoms with Crippen LogP contribution in [0.15, 0.2) is 63.8 Å². The number of aliphatic hydroxyl groups excluding tert-OH is 1. The summed E-state index contributed by atoms with van der Waals surface area (Å²) in [6, 6.07) is 16.7. The van der Waals surface area contributed by atoms with E-state index in [-0.39, 0.29) is 12.4 Å². The van der Waals surface area contributed by atoms with Crippen molar-refractivity contribution in [3.63, 3.8) is 0 Å². The molecule has 3 rings (SSSR count). The van der Waals surface area contributed by atoms with Crippen molar-refractivity contribution in [1.29, 1.82) is 0 Å². The van der Waals surface area contributed by atoms with Gasteiger partial charge >= 0.3 is 5.76 Å². The van der Waals surface area contributed by atoms with Crippen molar-refractivity contribution in [3.05, 3.63) is 65.1 Å². The number of nitrogens with one attached hydrogen (secondary N) is 1. The third-order valence-electron chi connectivity index (χ3n) is 3.65. The van der Waals surface area contributed by atoms with Gasteiger partial charge in [-0.1, -0.05) is 30.3 Å². The number of nitrogens with zero attached hydrogens (tertiary/aromatic N) is 1. The monoisotopic (exact) mass is 328 g/mol. The SMILES string of the molecule is O=c1oc2ccccc2n1CCNC[C@@H](O)COc1ccccc1. The van der Waals surface area contributed by atoms with E-state index in [1.165, 1.54) is 0 Å². The molecule has 0 unspecified atom stereocenters. The fraction of sp³-hybridized carbons (Fsp3) is 0.278. The fourth-order valence-electron chi connectivity index (χ4n) is 2.45. The average Bonchev–Trinajstić information content (AvgIpc) is 2.93. The Labute approximate surface area is 139 Å². The Bertz CT molecular complexity index is 826. The number of hydrogen-bond donors (Lipinski definition) is 2. The first kappa shape index (κ1) is 16.3. The van der Waals surface area contributed by atoms with E-state index >= 15 is 0 Å². The van der Waals surface area contributed by atoms with Gasteiger partial charge in [0.15, 0.2) is 5.58 Å². The third-order valence-corrected chi connectivity index (χ3v) is 3.65. The van der Waals surface area contributed by atoms with Gasteiger partial charge in [-0.05, 0) is 24.3 Å². The predicted molar refractivity (Wildman–Crippen MR) is 91.3 cm³/mol. The number of oxazole rings is 1. The zero-order chi connectivity index (χ0) is 16.8. The predicted octanol–water partition coefficient (Wildman–Crippen LogP) is 1.62. The number of fused-ring (bicyclic) bond motifs is 1. The van der Waals surface area contributed by atoms with Crippen LogP contribution in [0, 0.1) is 0 Å². The summed E-state index contributed by atoms with van der Waals surface area (Å²) < 4.78 is 12.2. The minimum absolute atomic E-state index is 0.214. The highest BCUT2D eigenvalue weighted by molar-refractivity contribution is 5.72. The first-order chi connectivity index (χ1) is 11.7. The van der Waals surface area contributed by atoms with E-state index in [0.29, 0.717) is 25.2 Å². The Morgan fingerprint density at radius 2 is 1.88 bits per heavy atom. The smallest absolute Gasteiger partial charge is 0.419 e. The summed E-state index contributed by atoms with van der Waals surface area (Å²) in [6.07, 6.45) is -0.622. The standard InChI is InChI=1S/C18H20N2O4/c21-14(13-23-15-6-2-1-3-7-15)12-19-10-11-20-16-8-4-5-9-17(16)24-18(20)22/h1-9,14,19,21H,10-13H2/t14-/m1/s1. The van der Waals surface area contributed by atoms with Gasteiger partial charge in [-0.3, -0.25) is 4.57 Å². The number of aromatic nitrogens is 1. The van der Waals surface area contributed by atoms with Crippen molar-refractivity contribution in [2.45, 2.75) is 12.6 Å². The van der Waals surface area contributed by atoms with E-state index in [9.17, 15) is 9.90 Å². The number of para-hydroxylation sites is 3. The van der Waals surface area contributed by atoms with Crippen LogP contribution in [0.1, 0.15) is 0 Å². The maximum absolute atomic E-state index is 11.8. The topological polar surface area (TPSA) is 76.6 Å². The lowest BCUT2D eigenvalue weighted by molar-refractivity contribution is 0.106. The molecule has 0 aliphatic heterocycles. The van der Waals surface area contributed by atoms with E-state index in [2.05, 4.69) is 5.32 Å². The molecule has 0 saturated carbocycles. The van der Waals surface area contributed by atoms with Gasteiger partial charge < -0.3 is 19.6 Å². The highest BCUT2D eigenvalue weighted by Crippen LogP contribution is 2.11. The Morgan fingerprint density at radius 3 is 2.71 bits per heavy atom. The molecule has 2 N–H and O–H groups in total. The van der Waals surface area contributed by atoms with Gasteiger partial charge in [-0.2, -0.15) is 0 Å². The largest absolute Gasteiger partial charge is 0.491 e. The van der Waals surface area contributed by atoms with Gasteiger partial charge in [-0.15, -0.1) is 0 Å². The molecule has 3 aromatic rings. The van der Waals surface area contributed by atoms with E-state index < -0.39 is 6.10 Å². The van der Waals surface area contributed by atoms with Crippen LogP contribution in [0.2, 0.25) is 0 Å². The molecular weight excluding hydrogens is 308 g/mol. The quantitative estimate of drug-likeness (QED) is 0.615. The first-order valence-electron chi connectivity index (χ1n) is 7.89. The molecule has 0 aliphatic rings. The molecular formula is C18H20N2O4. The molecule has 1 atom stereocenters. The zero-order valence-corrected chi connectivity index (χ0v) is 13.2. The number of aliphatic hydroxyl groups is 1. The second-order valence-corrected chi connectivity index (χ2v) is 5.47. The molecule has 6 nitrogen and oxygen atoms in total. The zero-order valence-electron chi connectivity index (χ0n) is 13.2. The molecule has 126 valence electrons. The maximum atomic E-state index is 11.8. The van der Waals surface area contributed by atoms with Crippen molar-refractivity contribution in [3.8, 4) is 5.75 Å². The van der Waals surface area contributed by atoms with Crippen LogP contribution in [-0.2, 0) is 6.54 Å². The van der Waals surface area contributed by atoms with E-state index in [1.807, 2.05) is 48.5 Å². The molecule has 0 amide bonds. The number of ether oxygens (including phenoxy) is 1. The van der Waals surface area contributed by atoms with Gasteiger partial charge in [0.25, 0.3) is 0 Å². The van der Waals surface area contributed by atoms with Crippen LogP contribution in [0.4, 0.5) is 0 Å². The molecule has 0 spiro atoms. The Kier molecular flexibility index (Phi) is 5.30. The lowest BCUT2D eigenvalue weighted by Crippen LogP contribution is -2.34. The van der Waals surface area contributed by atoms with Crippen molar-refractivity contribution < 1.29 is 14.3 Å². The maximum Gasteiger partial charge on any atom is 0.419 e. The molecule has 6 heteroatoms. The summed E-state index contributed by atoms with van der Waals surface area (Å²) in [7, 11) is 0. The molecule has 0 saturated heterocycles. The normalized spacial score (nSPS) is 12.4. The molecule has 1 aromatic heterocycles. The molecule has 0 aliphatic carbocycles. The highest BCUT2D eigenvalue weighted by atomic mass is 16.5. The molecule has 24 heavy (non-hydrogen) atoms. The van der Waals surface area contributed by atoms with Crippen LogP contribution < -0.4 is 15.8 Å². The lowest BCUT2D eigenvalue weighted by atomic mass is 10.3. The lowest BCUT2D eigenvalue weighted by Gasteiger charge is -2.13. The van der Waals surface area contributed by atoms with Gasteiger partial charge in [0.2, 0.25) is 0 Å². The third kappa shape index (κ3) is 4.04. The molecule has 2 aromatic carbocycles. The first-order valence-corrected chi connectivity index (χ1v) is 7.89. The average molecular weight is 328 g/mol. The molecule has 0 radical (unpaired) electrons. The summed E-state index contributed by atoms with van der Waals surface area (Å²) in [5, 5.41) is 13.0. The Balaban J connectivity index is 1.43. The van der Waals surface area contributed by atoms with E-state index in [0.717, 1.165) is 11.3 Å². The van der Waals surface area contributed by atoms with Crippen LogP contribution in [0.25, 0.3) is 11.1 Å². The Hall–Kier alpha value is -2.57. The second kappa shape index (κ2) is 7.81. The van der Waals surface area contributed by atoms with Crippen molar-refractivity contribution in [2.24, 2.45) is 0 Å². The van der Waals surface area contributed by atoms with Crippen LogP contribution >= 0.6 is 0 Å². The summed E-state index contributed by atoms with van der Waals surface area (Å²) in [5.74, 6) is 0.360. The fourth-order valence-corrected chi connectivity index (χ4v) is 2.45. The molecule has 0 fully saturated rings. The van der Waals surface area contributed by atoms with Gasteiger partial charge in [0.05, 0.1) is 5.52 Å². The van der Waals surface area contributed by atoms with Gasteiger partial charge in [-0.25, -0.2) is 4.79 Å². The minimum Gasteiger partial charge on any atom is -0.491 e. The van der Waals surface area contributed by atoms with Gasteiger partial charge in [0.1, 0.15) is 18.5 Å². The van der Waals surface area contributed by atoms with Gasteiger partial charge in [0, 0.05) is 19.6 Å². The minimum atomic E-state index is -0.622. The number of benzene rings is 2. The van der Waals surface area contributed by atoms with E-state index in [1.54, 1.807) is 10.6 Å². The molecule has 1 heterocycles. The van der Waals surface area contributed by atoms with Crippen LogP contribution in [0.3, 0.4) is 0 Å². The summed E-state index contributed by atoms with van der Waals surface area (Å²) in [6.45, 7) is 1.62. The number of hydrogen-bond acceptors (Lipinski definition) is 5.